The van der Waals surface area contributed by atoms with Gasteiger partial charge in [-0.2, -0.15) is 13.2 Å². The topological polar surface area (TPSA) is 80.0 Å². The van der Waals surface area contributed by atoms with Crippen LogP contribution in [0, 0.1) is 6.92 Å². The molecule has 0 saturated heterocycles. The van der Waals surface area contributed by atoms with Crippen LogP contribution in [-0.4, -0.2) is 30.2 Å². The molecule has 1 aromatic heterocycles. The molecule has 0 aromatic carbocycles. The number of hydrogen-bond acceptors (Lipinski definition) is 4. The van der Waals surface area contributed by atoms with Crippen LogP contribution in [0.15, 0.2) is 12.3 Å². The maximum atomic E-state index is 11.9. The highest BCUT2D eigenvalue weighted by atomic mass is 19.4. The number of carbonyl (C=O) groups excluding carboxylic acids is 1. The third-order valence-electron chi connectivity index (χ3n) is 2.17. The second-order valence-electron chi connectivity index (χ2n) is 3.57. The number of nitrogens with zero attached hydrogens (tertiary/aromatic N) is 1. The first kappa shape index (κ1) is 14.1. The number of aromatic nitrogens is 1. The van der Waals surface area contributed by atoms with Gasteiger partial charge in [0.15, 0.2) is 0 Å². The number of halogens is 3. The Balaban J connectivity index is 2.39. The second kappa shape index (κ2) is 5.56. The van der Waals surface area contributed by atoms with E-state index in [9.17, 15) is 18.0 Å². The van der Waals surface area contributed by atoms with Crippen molar-refractivity contribution >= 4 is 17.4 Å². The monoisotopic (exact) mass is 262 g/mol. The van der Waals surface area contributed by atoms with Crippen molar-refractivity contribution in [1.29, 1.82) is 0 Å². The number of nitrogen functional groups attached to an aromatic ring is 1. The number of pyridine rings is 1. The molecule has 5 nitrogen and oxygen atoms in total. The molecule has 4 N–H and O–H groups in total. The van der Waals surface area contributed by atoms with Gasteiger partial charge < -0.3 is 16.4 Å². The van der Waals surface area contributed by atoms with E-state index in [1.807, 2.05) is 0 Å². The van der Waals surface area contributed by atoms with E-state index < -0.39 is 12.1 Å². The van der Waals surface area contributed by atoms with Crippen LogP contribution >= 0.6 is 0 Å². The molecule has 0 saturated carbocycles. The fraction of sp³-hybridized carbons (Fsp3) is 0.400. The smallest absolute Gasteiger partial charge is 0.396 e. The summed E-state index contributed by atoms with van der Waals surface area (Å²) in [6.45, 7) is 1.71. The SMILES string of the molecule is Cc1ccnc(NCCNC(=O)C(F)(F)F)c1N. The first-order chi connectivity index (χ1) is 8.32. The van der Waals surface area contributed by atoms with Gasteiger partial charge in [-0.15, -0.1) is 0 Å². The maximum Gasteiger partial charge on any atom is 0.471 e. The molecule has 18 heavy (non-hydrogen) atoms. The van der Waals surface area contributed by atoms with Gasteiger partial charge >= 0.3 is 12.1 Å². The predicted molar refractivity (Wildman–Crippen MR) is 60.9 cm³/mol. The van der Waals surface area contributed by atoms with Crippen LogP contribution in [0.1, 0.15) is 5.56 Å². The van der Waals surface area contributed by atoms with Crippen molar-refractivity contribution in [3.8, 4) is 0 Å². The van der Waals surface area contributed by atoms with Gasteiger partial charge in [-0.1, -0.05) is 0 Å². The van der Waals surface area contributed by atoms with Crippen LogP contribution in [0.25, 0.3) is 0 Å². The molecule has 8 heteroatoms. The molecule has 0 unspecified atom stereocenters. The van der Waals surface area contributed by atoms with Crippen molar-refractivity contribution in [3.05, 3.63) is 17.8 Å². The Morgan fingerprint density at radius 2 is 2.11 bits per heavy atom. The van der Waals surface area contributed by atoms with Crippen LogP contribution in [-0.2, 0) is 4.79 Å². The largest absolute Gasteiger partial charge is 0.471 e. The standard InChI is InChI=1S/C10H13F3N4O/c1-6-2-3-15-8(7(6)14)16-4-5-17-9(18)10(11,12)13/h2-3H,4-5,14H2,1H3,(H,15,16)(H,17,18). The van der Waals surface area contributed by atoms with E-state index in [0.29, 0.717) is 11.5 Å². The first-order valence-electron chi connectivity index (χ1n) is 5.12. The molecule has 1 rings (SSSR count). The van der Waals surface area contributed by atoms with Gasteiger partial charge in [0, 0.05) is 19.3 Å². The first-order valence-corrected chi connectivity index (χ1v) is 5.12. The molecule has 100 valence electrons. The lowest BCUT2D eigenvalue weighted by Crippen LogP contribution is -2.39. The quantitative estimate of drug-likeness (QED) is 0.709. The van der Waals surface area contributed by atoms with Gasteiger partial charge in [0.2, 0.25) is 0 Å². The number of alkyl halides is 3. The lowest BCUT2D eigenvalue weighted by molar-refractivity contribution is -0.173. The van der Waals surface area contributed by atoms with Gasteiger partial charge in [0.25, 0.3) is 0 Å². The van der Waals surface area contributed by atoms with Gasteiger partial charge in [-0.05, 0) is 18.6 Å². The third kappa shape index (κ3) is 3.79. The number of amides is 1. The normalized spacial score (nSPS) is 11.1. The van der Waals surface area contributed by atoms with Crippen molar-refractivity contribution in [3.63, 3.8) is 0 Å². The maximum absolute atomic E-state index is 11.9. The fourth-order valence-corrected chi connectivity index (χ4v) is 1.17. The second-order valence-corrected chi connectivity index (χ2v) is 3.57. The van der Waals surface area contributed by atoms with Crippen LogP contribution in [0.3, 0.4) is 0 Å². The average Bonchev–Trinajstić information content (AvgIpc) is 2.28. The van der Waals surface area contributed by atoms with Crippen molar-refractivity contribution in [2.24, 2.45) is 0 Å². The number of carbonyl (C=O) groups is 1. The summed E-state index contributed by atoms with van der Waals surface area (Å²) in [4.78, 5) is 14.4. The lowest BCUT2D eigenvalue weighted by atomic mass is 10.2. The van der Waals surface area contributed by atoms with Crippen LogP contribution < -0.4 is 16.4 Å². The minimum atomic E-state index is -4.86. The molecule has 1 aromatic rings. The van der Waals surface area contributed by atoms with Gasteiger partial charge in [0.05, 0.1) is 5.69 Å². The Labute approximate surface area is 102 Å². The van der Waals surface area contributed by atoms with Crippen molar-refractivity contribution < 1.29 is 18.0 Å². The van der Waals surface area contributed by atoms with Crippen LogP contribution in [0.4, 0.5) is 24.7 Å². The average molecular weight is 262 g/mol. The van der Waals surface area contributed by atoms with Crippen molar-refractivity contribution in [2.75, 3.05) is 24.1 Å². The number of rotatable bonds is 4. The Hall–Kier alpha value is -1.99. The Morgan fingerprint density at radius 3 is 2.72 bits per heavy atom. The molecule has 0 bridgehead atoms. The molecule has 0 spiro atoms. The number of nitrogens with one attached hydrogen (secondary N) is 2. The van der Waals surface area contributed by atoms with E-state index in [2.05, 4.69) is 10.3 Å². The molecule has 0 aliphatic rings. The molecule has 0 aliphatic carbocycles. The van der Waals surface area contributed by atoms with Gasteiger partial charge in [-0.3, -0.25) is 4.79 Å². The van der Waals surface area contributed by atoms with Crippen LogP contribution in [0.2, 0.25) is 0 Å². The van der Waals surface area contributed by atoms with E-state index in [1.54, 1.807) is 18.3 Å². The van der Waals surface area contributed by atoms with E-state index in [4.69, 9.17) is 5.73 Å². The molecule has 0 radical (unpaired) electrons. The Bertz CT molecular complexity index is 434. The predicted octanol–water partition coefficient (Wildman–Crippen LogP) is 1.06. The van der Waals surface area contributed by atoms with Gasteiger partial charge in [-0.25, -0.2) is 4.98 Å². The highest BCUT2D eigenvalue weighted by molar-refractivity contribution is 5.81. The summed E-state index contributed by atoms with van der Waals surface area (Å²) in [6.07, 6.45) is -3.33. The Kier molecular flexibility index (Phi) is 4.35. The summed E-state index contributed by atoms with van der Waals surface area (Å²) in [5, 5.41) is 4.47. The lowest BCUT2D eigenvalue weighted by Gasteiger charge is -2.11. The van der Waals surface area contributed by atoms with E-state index in [-0.39, 0.29) is 13.1 Å². The Morgan fingerprint density at radius 1 is 1.44 bits per heavy atom. The summed E-state index contributed by atoms with van der Waals surface area (Å²) in [7, 11) is 0. The van der Waals surface area contributed by atoms with E-state index in [0.717, 1.165) is 5.56 Å². The van der Waals surface area contributed by atoms with E-state index >= 15 is 0 Å². The fourth-order valence-electron chi connectivity index (χ4n) is 1.17. The molecule has 0 aliphatic heterocycles. The summed E-state index contributed by atoms with van der Waals surface area (Å²) in [6, 6.07) is 1.71. The molecule has 1 heterocycles. The number of hydrogen-bond donors (Lipinski definition) is 3. The number of aryl methyl sites for hydroxylation is 1. The highest BCUT2D eigenvalue weighted by Gasteiger charge is 2.38. The summed E-state index contributed by atoms with van der Waals surface area (Å²) >= 11 is 0. The molecular formula is C10H13F3N4O. The zero-order valence-electron chi connectivity index (χ0n) is 9.64. The minimum Gasteiger partial charge on any atom is -0.396 e. The third-order valence-corrected chi connectivity index (χ3v) is 2.17. The van der Waals surface area contributed by atoms with Crippen molar-refractivity contribution in [2.45, 2.75) is 13.1 Å². The highest BCUT2D eigenvalue weighted by Crippen LogP contribution is 2.18. The molecular weight excluding hydrogens is 249 g/mol. The van der Waals surface area contributed by atoms with Gasteiger partial charge in [0.1, 0.15) is 5.82 Å². The minimum absolute atomic E-state index is 0.0997. The summed E-state index contributed by atoms with van der Waals surface area (Å²) in [5.74, 6) is -1.58. The van der Waals surface area contributed by atoms with E-state index in [1.165, 1.54) is 6.20 Å². The molecule has 0 atom stereocenters. The molecule has 1 amide bonds. The molecule has 0 fully saturated rings. The zero-order valence-corrected chi connectivity index (χ0v) is 9.64. The summed E-state index contributed by atoms with van der Waals surface area (Å²) in [5.41, 5.74) is 6.94. The van der Waals surface area contributed by atoms with Crippen molar-refractivity contribution in [1.82, 2.24) is 10.3 Å². The number of anilines is 2. The zero-order chi connectivity index (χ0) is 13.8. The van der Waals surface area contributed by atoms with Crippen LogP contribution in [0.5, 0.6) is 0 Å². The number of nitrogens with two attached hydrogens (primary N) is 1. The summed E-state index contributed by atoms with van der Waals surface area (Å²) < 4.78 is 35.6.